The zero-order valence-electron chi connectivity index (χ0n) is 30.1. The number of furan rings is 1. The zero-order valence-corrected chi connectivity index (χ0v) is 30.1. The van der Waals surface area contributed by atoms with Gasteiger partial charge in [-0.15, -0.1) is 0 Å². The van der Waals surface area contributed by atoms with Crippen LogP contribution in [0, 0.1) is 0 Å². The lowest BCUT2D eigenvalue weighted by Crippen LogP contribution is -2.11. The first kappa shape index (κ1) is 31.6. The van der Waals surface area contributed by atoms with Crippen molar-refractivity contribution < 1.29 is 4.42 Å². The van der Waals surface area contributed by atoms with E-state index in [-0.39, 0.29) is 5.92 Å². The highest BCUT2D eigenvalue weighted by Gasteiger charge is 2.24. The molecule has 0 amide bonds. The normalized spacial score (nSPS) is 15.4. The first-order valence-electron chi connectivity index (χ1n) is 19.1. The Balaban J connectivity index is 1.06. The fraction of sp³-hybridized carbons (Fsp3) is 0.0784. The van der Waals surface area contributed by atoms with E-state index in [2.05, 4.69) is 158 Å². The van der Waals surface area contributed by atoms with Crippen LogP contribution in [-0.2, 0) is 0 Å². The van der Waals surface area contributed by atoms with Crippen molar-refractivity contribution in [1.29, 1.82) is 0 Å². The van der Waals surface area contributed by atoms with Gasteiger partial charge in [-0.25, -0.2) is 15.0 Å². The van der Waals surface area contributed by atoms with Gasteiger partial charge in [0.2, 0.25) is 0 Å². The molecule has 0 saturated heterocycles. The van der Waals surface area contributed by atoms with Crippen LogP contribution in [0.25, 0.3) is 88.5 Å². The van der Waals surface area contributed by atoms with Crippen molar-refractivity contribution in [2.24, 2.45) is 0 Å². The Kier molecular flexibility index (Phi) is 7.41. The van der Waals surface area contributed by atoms with E-state index >= 15 is 0 Å². The number of allylic oxidation sites excluding steroid dienone is 6. The molecule has 1 atom stereocenters. The topological polar surface area (TPSA) is 51.8 Å². The van der Waals surface area contributed by atoms with Crippen molar-refractivity contribution in [3.05, 3.63) is 187 Å². The molecule has 4 nitrogen and oxygen atoms in total. The molecule has 1 unspecified atom stereocenters. The third-order valence-corrected chi connectivity index (χ3v) is 11.3. The van der Waals surface area contributed by atoms with Gasteiger partial charge in [-0.3, -0.25) is 0 Å². The fourth-order valence-electron chi connectivity index (χ4n) is 8.48. The van der Waals surface area contributed by atoms with Crippen LogP contribution in [0.3, 0.4) is 0 Å². The van der Waals surface area contributed by atoms with Gasteiger partial charge in [0, 0.05) is 27.8 Å². The van der Waals surface area contributed by atoms with Crippen molar-refractivity contribution in [1.82, 2.24) is 15.0 Å². The molecule has 7 aromatic carbocycles. The predicted octanol–water partition coefficient (Wildman–Crippen LogP) is 13.4. The van der Waals surface area contributed by atoms with Gasteiger partial charge in [-0.1, -0.05) is 146 Å². The summed E-state index contributed by atoms with van der Waals surface area (Å²) in [6.07, 6.45) is 12.2. The number of benzene rings is 7. The molecule has 0 saturated carbocycles. The maximum atomic E-state index is 6.49. The summed E-state index contributed by atoms with van der Waals surface area (Å²) in [4.78, 5) is 15.7. The van der Waals surface area contributed by atoms with Crippen LogP contribution in [0.1, 0.15) is 31.0 Å². The smallest absolute Gasteiger partial charge is 0.164 e. The van der Waals surface area contributed by atoms with Crippen LogP contribution >= 0.6 is 0 Å². The summed E-state index contributed by atoms with van der Waals surface area (Å²) in [7, 11) is 0. The van der Waals surface area contributed by atoms with Gasteiger partial charge in [0.1, 0.15) is 17.0 Å². The van der Waals surface area contributed by atoms with E-state index in [1.807, 2.05) is 12.1 Å². The maximum Gasteiger partial charge on any atom is 0.164 e. The quantitative estimate of drug-likeness (QED) is 0.179. The minimum absolute atomic E-state index is 0.0387. The first-order chi connectivity index (χ1) is 27.2. The van der Waals surface area contributed by atoms with Gasteiger partial charge < -0.3 is 4.42 Å². The Labute approximate surface area is 318 Å². The molecule has 2 heterocycles. The molecule has 260 valence electrons. The standard InChI is InChI=1S/C51H35N3O/c1-3-12-37-29-39(25-19-32(37)9-1)40-27-28-46-45(31-40)48-44(17-8-18-47(48)55-46)51-53-49(52-50(54-51)41-26-20-33-10-2-4-13-38(33)30-41)36-23-21-35(22-24-36)43-16-7-14-34-11-5-6-15-42(34)43/h1,3-9,11-29,31,41H,2,10,30H2. The molecule has 11 rings (SSSR count). The third-order valence-electron chi connectivity index (χ3n) is 11.3. The molecule has 2 aromatic heterocycles. The predicted molar refractivity (Wildman–Crippen MR) is 226 cm³/mol. The van der Waals surface area contributed by atoms with Crippen LogP contribution in [0.15, 0.2) is 185 Å². The average molecular weight is 706 g/mol. The molecule has 2 aliphatic carbocycles. The lowest BCUT2D eigenvalue weighted by atomic mass is 9.84. The Hall–Kier alpha value is -6.91. The highest BCUT2D eigenvalue weighted by Crippen LogP contribution is 2.40. The molecule has 0 bridgehead atoms. The molecule has 4 heteroatoms. The van der Waals surface area contributed by atoms with Crippen LogP contribution in [-0.4, -0.2) is 15.0 Å². The maximum absolute atomic E-state index is 6.49. The summed E-state index contributed by atoms with van der Waals surface area (Å²) in [5.41, 5.74) is 11.0. The first-order valence-corrected chi connectivity index (χ1v) is 19.1. The van der Waals surface area contributed by atoms with E-state index in [1.54, 1.807) is 0 Å². The minimum atomic E-state index is 0.0387. The summed E-state index contributed by atoms with van der Waals surface area (Å²) in [6.45, 7) is 0. The molecule has 0 fully saturated rings. The second kappa shape index (κ2) is 12.9. The highest BCUT2D eigenvalue weighted by molar-refractivity contribution is 6.13. The fourth-order valence-corrected chi connectivity index (χ4v) is 8.48. The Morgan fingerprint density at radius 2 is 1.22 bits per heavy atom. The van der Waals surface area contributed by atoms with E-state index in [1.165, 1.54) is 43.8 Å². The molecular weight excluding hydrogens is 671 g/mol. The average Bonchev–Trinajstić information content (AvgIpc) is 3.64. The van der Waals surface area contributed by atoms with Crippen molar-refractivity contribution in [2.75, 3.05) is 0 Å². The van der Waals surface area contributed by atoms with Crippen molar-refractivity contribution in [2.45, 2.75) is 25.2 Å². The molecule has 0 aliphatic heterocycles. The Morgan fingerprint density at radius 1 is 0.491 bits per heavy atom. The number of fused-ring (bicyclic) bond motifs is 5. The minimum Gasteiger partial charge on any atom is -0.456 e. The lowest BCUT2D eigenvalue weighted by Gasteiger charge is -2.22. The van der Waals surface area contributed by atoms with E-state index in [0.29, 0.717) is 11.6 Å². The summed E-state index contributed by atoms with van der Waals surface area (Å²) < 4.78 is 6.49. The SMILES string of the molecule is C1=CC2=C(C=CC(c3nc(-c4ccc(-c5cccc6ccccc56)cc4)nc(-c4cccc5oc6ccc(-c7ccc8ccccc8c7)cc6c45)n3)C2)CC1. The number of hydrogen-bond donors (Lipinski definition) is 0. The van der Waals surface area contributed by atoms with Crippen molar-refractivity contribution in [3.8, 4) is 45.0 Å². The van der Waals surface area contributed by atoms with E-state index in [0.717, 1.165) is 69.3 Å². The monoisotopic (exact) mass is 705 g/mol. The zero-order chi connectivity index (χ0) is 36.3. The second-order valence-electron chi connectivity index (χ2n) is 14.7. The van der Waals surface area contributed by atoms with Gasteiger partial charge in [0.05, 0.1) is 0 Å². The Morgan fingerprint density at radius 3 is 2.15 bits per heavy atom. The Bertz CT molecular complexity index is 3070. The molecule has 2 aliphatic rings. The van der Waals surface area contributed by atoms with Gasteiger partial charge in [-0.05, 0) is 98.5 Å². The highest BCUT2D eigenvalue weighted by atomic mass is 16.3. The summed E-state index contributed by atoms with van der Waals surface area (Å²) in [5.74, 6) is 2.13. The number of nitrogens with zero attached hydrogens (tertiary/aromatic N) is 3. The number of aromatic nitrogens is 3. The van der Waals surface area contributed by atoms with Crippen LogP contribution in [0.4, 0.5) is 0 Å². The number of hydrogen-bond acceptors (Lipinski definition) is 4. The molecule has 0 radical (unpaired) electrons. The van der Waals surface area contributed by atoms with E-state index in [4.69, 9.17) is 19.4 Å². The van der Waals surface area contributed by atoms with Crippen LogP contribution in [0.2, 0.25) is 0 Å². The van der Waals surface area contributed by atoms with Gasteiger partial charge in [0.15, 0.2) is 11.6 Å². The summed E-state index contributed by atoms with van der Waals surface area (Å²) in [5, 5.41) is 6.96. The van der Waals surface area contributed by atoms with Crippen molar-refractivity contribution >= 4 is 43.5 Å². The van der Waals surface area contributed by atoms with E-state index < -0.39 is 0 Å². The molecule has 55 heavy (non-hydrogen) atoms. The van der Waals surface area contributed by atoms with Crippen molar-refractivity contribution in [3.63, 3.8) is 0 Å². The lowest BCUT2D eigenvalue weighted by molar-refractivity contribution is 0.669. The second-order valence-corrected chi connectivity index (χ2v) is 14.7. The van der Waals surface area contributed by atoms with Crippen LogP contribution in [0.5, 0.6) is 0 Å². The van der Waals surface area contributed by atoms with Crippen LogP contribution < -0.4 is 0 Å². The summed E-state index contributed by atoms with van der Waals surface area (Å²) >= 11 is 0. The van der Waals surface area contributed by atoms with E-state index in [9.17, 15) is 0 Å². The van der Waals surface area contributed by atoms with Gasteiger partial charge >= 0.3 is 0 Å². The van der Waals surface area contributed by atoms with Gasteiger partial charge in [-0.2, -0.15) is 0 Å². The third kappa shape index (κ3) is 5.57. The molecular formula is C51H35N3O. The molecule has 0 N–H and O–H groups in total. The molecule has 9 aromatic rings. The molecule has 0 spiro atoms. The number of rotatable bonds is 5. The largest absolute Gasteiger partial charge is 0.456 e. The van der Waals surface area contributed by atoms with Gasteiger partial charge in [0.25, 0.3) is 0 Å². The summed E-state index contributed by atoms with van der Waals surface area (Å²) in [6, 6.07) is 51.5.